The number of halogens is 1. The third-order valence-corrected chi connectivity index (χ3v) is 4.44. The molecule has 3 rings (SSSR count). The Balaban J connectivity index is 2.28. The normalized spacial score (nSPS) is 10.7. The lowest BCUT2D eigenvalue weighted by Gasteiger charge is -2.12. The largest absolute Gasteiger partial charge is 0.497 e. The third kappa shape index (κ3) is 2.55. The number of nitrogens with zero attached hydrogens (tertiary/aromatic N) is 1. The molecule has 1 heterocycles. The Labute approximate surface area is 138 Å². The van der Waals surface area contributed by atoms with Gasteiger partial charge in [-0.1, -0.05) is 29.8 Å². The zero-order valence-electron chi connectivity index (χ0n) is 12.7. The molecule has 4 heteroatoms. The van der Waals surface area contributed by atoms with Crippen molar-refractivity contribution in [2.45, 2.75) is 6.92 Å². The number of aryl methyl sites for hydroxylation is 1. The lowest BCUT2D eigenvalue weighted by molar-refractivity contribution is 0.402. The van der Waals surface area contributed by atoms with Crippen LogP contribution in [0.25, 0.3) is 22.0 Å². The highest BCUT2D eigenvalue weighted by atomic mass is 79.9. The second kappa shape index (κ2) is 5.97. The molecule has 0 aliphatic heterocycles. The van der Waals surface area contributed by atoms with E-state index in [1.54, 1.807) is 14.2 Å². The molecular weight excluding hydrogens is 342 g/mol. The predicted molar refractivity (Wildman–Crippen MR) is 92.7 cm³/mol. The Kier molecular flexibility index (Phi) is 4.03. The van der Waals surface area contributed by atoms with Gasteiger partial charge in [-0.15, -0.1) is 0 Å². The first-order chi connectivity index (χ1) is 10.6. The van der Waals surface area contributed by atoms with E-state index >= 15 is 0 Å². The molecule has 2 aromatic carbocycles. The van der Waals surface area contributed by atoms with Gasteiger partial charge in [-0.2, -0.15) is 0 Å². The molecule has 0 saturated carbocycles. The second-order valence-electron chi connectivity index (χ2n) is 5.06. The molecular formula is C18H16BrNO2. The topological polar surface area (TPSA) is 31.4 Å². The number of pyridine rings is 1. The van der Waals surface area contributed by atoms with E-state index in [1.807, 2.05) is 18.2 Å². The van der Waals surface area contributed by atoms with Gasteiger partial charge in [-0.25, -0.2) is 4.98 Å². The monoisotopic (exact) mass is 357 g/mol. The molecule has 22 heavy (non-hydrogen) atoms. The second-order valence-corrected chi connectivity index (χ2v) is 5.85. The van der Waals surface area contributed by atoms with Crippen molar-refractivity contribution in [3.05, 3.63) is 52.5 Å². The van der Waals surface area contributed by atoms with Gasteiger partial charge in [0.2, 0.25) is 5.88 Å². The van der Waals surface area contributed by atoms with Crippen molar-refractivity contribution in [1.29, 1.82) is 0 Å². The Hall–Kier alpha value is -2.07. The summed E-state index contributed by atoms with van der Waals surface area (Å²) in [7, 11) is 3.28. The molecule has 0 bridgehead atoms. The van der Waals surface area contributed by atoms with Crippen LogP contribution in [0.15, 0.2) is 46.9 Å². The minimum Gasteiger partial charge on any atom is -0.497 e. The van der Waals surface area contributed by atoms with Gasteiger partial charge in [0.05, 0.1) is 24.4 Å². The van der Waals surface area contributed by atoms with E-state index in [-0.39, 0.29) is 0 Å². The molecule has 112 valence electrons. The first-order valence-corrected chi connectivity index (χ1v) is 7.71. The van der Waals surface area contributed by atoms with Crippen molar-refractivity contribution in [2.75, 3.05) is 14.2 Å². The van der Waals surface area contributed by atoms with Gasteiger partial charge in [0.1, 0.15) is 5.75 Å². The van der Waals surface area contributed by atoms with Crippen molar-refractivity contribution in [2.24, 2.45) is 0 Å². The van der Waals surface area contributed by atoms with E-state index in [1.165, 1.54) is 5.56 Å². The van der Waals surface area contributed by atoms with Crippen molar-refractivity contribution in [1.82, 2.24) is 4.98 Å². The van der Waals surface area contributed by atoms with Crippen molar-refractivity contribution < 1.29 is 9.47 Å². The highest BCUT2D eigenvalue weighted by molar-refractivity contribution is 9.10. The molecule has 0 spiro atoms. The zero-order valence-corrected chi connectivity index (χ0v) is 14.3. The summed E-state index contributed by atoms with van der Waals surface area (Å²) in [5, 5.41) is 1.97. The van der Waals surface area contributed by atoms with Gasteiger partial charge in [-0.3, -0.25) is 0 Å². The van der Waals surface area contributed by atoms with Gasteiger partial charge in [0, 0.05) is 16.3 Å². The summed E-state index contributed by atoms with van der Waals surface area (Å²) in [5.74, 6) is 1.37. The van der Waals surface area contributed by atoms with E-state index in [9.17, 15) is 0 Å². The summed E-state index contributed by atoms with van der Waals surface area (Å²) in [6.07, 6.45) is 0. The van der Waals surface area contributed by atoms with Crippen LogP contribution in [0.4, 0.5) is 0 Å². The average Bonchev–Trinajstić information content (AvgIpc) is 2.56. The Morgan fingerprint density at radius 1 is 0.909 bits per heavy atom. The summed E-state index contributed by atoms with van der Waals surface area (Å²) in [4.78, 5) is 4.67. The number of ether oxygens (including phenoxy) is 2. The molecule has 1 aromatic heterocycles. The van der Waals surface area contributed by atoms with Crippen LogP contribution in [0.1, 0.15) is 5.56 Å². The van der Waals surface area contributed by atoms with Crippen molar-refractivity contribution in [3.63, 3.8) is 0 Å². The van der Waals surface area contributed by atoms with E-state index in [0.29, 0.717) is 5.88 Å². The number of methoxy groups -OCH3 is 2. The first-order valence-electron chi connectivity index (χ1n) is 6.92. The molecule has 0 atom stereocenters. The molecule has 0 unspecified atom stereocenters. The maximum atomic E-state index is 5.48. The van der Waals surface area contributed by atoms with Crippen LogP contribution in [0.5, 0.6) is 11.6 Å². The standard InChI is InChI=1S/C18H16BrNO2/c1-11-4-6-12(7-5-11)17-16(19)14-9-8-13(21-2)10-15(14)18(20-17)22-3/h4-10H,1-3H3. The average molecular weight is 358 g/mol. The van der Waals surface area contributed by atoms with Crippen molar-refractivity contribution >= 4 is 26.7 Å². The minimum absolute atomic E-state index is 0.590. The Morgan fingerprint density at radius 2 is 1.64 bits per heavy atom. The quantitative estimate of drug-likeness (QED) is 0.661. The van der Waals surface area contributed by atoms with E-state index < -0.39 is 0 Å². The van der Waals surface area contributed by atoms with Crippen LogP contribution in [0.3, 0.4) is 0 Å². The highest BCUT2D eigenvalue weighted by Crippen LogP contribution is 2.38. The van der Waals surface area contributed by atoms with Crippen molar-refractivity contribution in [3.8, 4) is 22.9 Å². The van der Waals surface area contributed by atoms with Gasteiger partial charge in [-0.05, 0) is 41.1 Å². The summed E-state index contributed by atoms with van der Waals surface area (Å²) < 4.78 is 11.7. The molecule has 0 saturated heterocycles. The number of hydrogen-bond acceptors (Lipinski definition) is 3. The fourth-order valence-electron chi connectivity index (χ4n) is 2.42. The van der Waals surface area contributed by atoms with Crippen LogP contribution in [-0.2, 0) is 0 Å². The van der Waals surface area contributed by atoms with E-state index in [0.717, 1.165) is 32.3 Å². The van der Waals surface area contributed by atoms with E-state index in [2.05, 4.69) is 52.1 Å². The summed E-state index contributed by atoms with van der Waals surface area (Å²) in [5.41, 5.74) is 3.14. The maximum Gasteiger partial charge on any atom is 0.221 e. The van der Waals surface area contributed by atoms with Gasteiger partial charge in [0.25, 0.3) is 0 Å². The Morgan fingerprint density at radius 3 is 2.27 bits per heavy atom. The molecule has 0 radical (unpaired) electrons. The molecule has 0 fully saturated rings. The molecule has 0 amide bonds. The minimum atomic E-state index is 0.590. The lowest BCUT2D eigenvalue weighted by Crippen LogP contribution is -1.95. The first kappa shape index (κ1) is 14.9. The number of aromatic nitrogens is 1. The van der Waals surface area contributed by atoms with Crippen LogP contribution in [-0.4, -0.2) is 19.2 Å². The summed E-state index contributed by atoms with van der Waals surface area (Å²) in [6, 6.07) is 14.2. The molecule has 3 nitrogen and oxygen atoms in total. The third-order valence-electron chi connectivity index (χ3n) is 3.63. The maximum absolute atomic E-state index is 5.48. The van der Waals surface area contributed by atoms with Gasteiger partial charge < -0.3 is 9.47 Å². The van der Waals surface area contributed by atoms with Crippen LogP contribution < -0.4 is 9.47 Å². The number of hydrogen-bond donors (Lipinski definition) is 0. The fraction of sp³-hybridized carbons (Fsp3) is 0.167. The van der Waals surface area contributed by atoms with E-state index in [4.69, 9.17) is 9.47 Å². The highest BCUT2D eigenvalue weighted by Gasteiger charge is 2.15. The zero-order chi connectivity index (χ0) is 15.7. The lowest BCUT2D eigenvalue weighted by atomic mass is 10.1. The van der Waals surface area contributed by atoms with Gasteiger partial charge in [0.15, 0.2) is 0 Å². The van der Waals surface area contributed by atoms with Crippen LogP contribution in [0, 0.1) is 6.92 Å². The van der Waals surface area contributed by atoms with Crippen LogP contribution >= 0.6 is 15.9 Å². The molecule has 0 N–H and O–H groups in total. The summed E-state index contributed by atoms with van der Waals surface area (Å²) >= 11 is 3.69. The summed E-state index contributed by atoms with van der Waals surface area (Å²) in [6.45, 7) is 2.07. The molecule has 3 aromatic rings. The predicted octanol–water partition coefficient (Wildman–Crippen LogP) is 4.99. The fourth-order valence-corrected chi connectivity index (χ4v) is 3.08. The number of benzene rings is 2. The SMILES string of the molecule is COc1ccc2c(Br)c(-c3ccc(C)cc3)nc(OC)c2c1. The van der Waals surface area contributed by atoms with Crippen LogP contribution in [0.2, 0.25) is 0 Å². The smallest absolute Gasteiger partial charge is 0.221 e. The Bertz CT molecular complexity index is 829. The number of rotatable bonds is 3. The molecule has 0 aliphatic rings. The van der Waals surface area contributed by atoms with Gasteiger partial charge >= 0.3 is 0 Å². The number of fused-ring (bicyclic) bond motifs is 1. The molecule has 0 aliphatic carbocycles.